The maximum absolute atomic E-state index is 11.4. The number of aromatic nitrogens is 2. The second kappa shape index (κ2) is 6.85. The topological polar surface area (TPSA) is 73.3 Å². The third-order valence-electron chi connectivity index (χ3n) is 2.46. The van der Waals surface area contributed by atoms with Crippen LogP contribution in [0.5, 0.6) is 5.88 Å². The van der Waals surface area contributed by atoms with Crippen molar-refractivity contribution in [3.63, 3.8) is 0 Å². The average molecular weight is 293 g/mol. The fraction of sp³-hybridized carbons (Fsp3) is 0.308. The summed E-state index contributed by atoms with van der Waals surface area (Å²) in [5.41, 5.74) is 1.13. The van der Waals surface area contributed by atoms with Gasteiger partial charge < -0.3 is 14.8 Å². The summed E-state index contributed by atoms with van der Waals surface area (Å²) in [6.45, 7) is 2.73. The van der Waals surface area contributed by atoms with Crippen molar-refractivity contribution >= 4 is 23.2 Å². The molecule has 6 nitrogen and oxygen atoms in total. The van der Waals surface area contributed by atoms with Crippen molar-refractivity contribution in [2.75, 3.05) is 19.0 Å². The van der Waals surface area contributed by atoms with E-state index in [2.05, 4.69) is 14.7 Å². The summed E-state index contributed by atoms with van der Waals surface area (Å²) in [4.78, 5) is 16.6. The van der Waals surface area contributed by atoms with Crippen LogP contribution in [0.2, 0.25) is 0 Å². The monoisotopic (exact) mass is 293 g/mol. The van der Waals surface area contributed by atoms with E-state index in [0.29, 0.717) is 24.7 Å². The van der Waals surface area contributed by atoms with Gasteiger partial charge in [0.05, 0.1) is 32.1 Å². The zero-order valence-corrected chi connectivity index (χ0v) is 12.1. The number of methoxy groups -OCH3 is 1. The molecule has 20 heavy (non-hydrogen) atoms. The Morgan fingerprint density at radius 3 is 2.90 bits per heavy atom. The molecule has 0 saturated heterocycles. The van der Waals surface area contributed by atoms with Crippen molar-refractivity contribution in [3.8, 4) is 5.88 Å². The van der Waals surface area contributed by atoms with Crippen LogP contribution < -0.4 is 10.1 Å². The highest BCUT2D eigenvalue weighted by atomic mass is 32.1. The van der Waals surface area contributed by atoms with Crippen LogP contribution in [-0.2, 0) is 11.3 Å². The fourth-order valence-corrected chi connectivity index (χ4v) is 2.11. The van der Waals surface area contributed by atoms with Gasteiger partial charge in [-0.3, -0.25) is 0 Å². The second-order valence-corrected chi connectivity index (χ2v) is 4.73. The Bertz CT molecular complexity index is 568. The summed E-state index contributed by atoms with van der Waals surface area (Å²) >= 11 is 1.38. The molecular weight excluding hydrogens is 278 g/mol. The minimum Gasteiger partial charge on any atom is -0.480 e. The van der Waals surface area contributed by atoms with Gasteiger partial charge in [0.1, 0.15) is 5.69 Å². The second-order valence-electron chi connectivity index (χ2n) is 3.84. The van der Waals surface area contributed by atoms with Gasteiger partial charge in [-0.1, -0.05) is 0 Å². The van der Waals surface area contributed by atoms with Crippen molar-refractivity contribution in [1.29, 1.82) is 0 Å². The quantitative estimate of drug-likeness (QED) is 0.824. The minimum absolute atomic E-state index is 0.303. The SMILES string of the molecule is CCOC(=O)c1ccc(NCc2cc(OC)ns2)cn1. The number of anilines is 1. The predicted octanol–water partition coefficient (Wildman–Crippen LogP) is 2.34. The number of nitrogens with zero attached hydrogens (tertiary/aromatic N) is 2. The molecule has 2 rings (SSSR count). The van der Waals surface area contributed by atoms with Crippen molar-refractivity contribution < 1.29 is 14.3 Å². The van der Waals surface area contributed by atoms with E-state index in [0.717, 1.165) is 10.6 Å². The van der Waals surface area contributed by atoms with E-state index in [1.165, 1.54) is 11.5 Å². The number of hydrogen-bond acceptors (Lipinski definition) is 7. The average Bonchev–Trinajstić information content (AvgIpc) is 2.94. The van der Waals surface area contributed by atoms with Crippen LogP contribution in [0.3, 0.4) is 0 Å². The van der Waals surface area contributed by atoms with Gasteiger partial charge in [0, 0.05) is 10.9 Å². The van der Waals surface area contributed by atoms with Crippen LogP contribution in [0.15, 0.2) is 24.4 Å². The molecule has 2 aromatic rings. The zero-order chi connectivity index (χ0) is 14.4. The lowest BCUT2D eigenvalue weighted by Gasteiger charge is -2.05. The molecule has 0 atom stereocenters. The third kappa shape index (κ3) is 3.67. The third-order valence-corrected chi connectivity index (χ3v) is 3.23. The van der Waals surface area contributed by atoms with Crippen molar-refractivity contribution in [1.82, 2.24) is 9.36 Å². The lowest BCUT2D eigenvalue weighted by Crippen LogP contribution is -2.07. The van der Waals surface area contributed by atoms with Crippen LogP contribution in [0.4, 0.5) is 5.69 Å². The molecule has 0 fully saturated rings. The van der Waals surface area contributed by atoms with E-state index < -0.39 is 5.97 Å². The number of carbonyl (C=O) groups is 1. The van der Waals surface area contributed by atoms with E-state index in [-0.39, 0.29) is 0 Å². The standard InChI is InChI=1S/C13H15N3O3S/c1-3-19-13(17)11-5-4-9(7-15-11)14-8-10-6-12(18-2)16-20-10/h4-7,14H,3,8H2,1-2H3. The first-order chi connectivity index (χ1) is 9.72. The molecule has 0 unspecified atom stereocenters. The van der Waals surface area contributed by atoms with Crippen molar-refractivity contribution in [2.45, 2.75) is 13.5 Å². The molecule has 0 aliphatic rings. The number of hydrogen-bond donors (Lipinski definition) is 1. The number of carbonyl (C=O) groups excluding carboxylic acids is 1. The summed E-state index contributed by atoms with van der Waals surface area (Å²) in [5, 5.41) is 3.20. The molecule has 2 aromatic heterocycles. The number of esters is 1. The van der Waals surface area contributed by atoms with Gasteiger partial charge in [-0.15, -0.1) is 0 Å². The summed E-state index contributed by atoms with van der Waals surface area (Å²) in [7, 11) is 1.59. The molecule has 106 valence electrons. The normalized spacial score (nSPS) is 10.1. The number of rotatable bonds is 6. The van der Waals surface area contributed by atoms with E-state index in [4.69, 9.17) is 9.47 Å². The maximum Gasteiger partial charge on any atom is 0.356 e. The fourth-order valence-electron chi connectivity index (χ4n) is 1.49. The van der Waals surface area contributed by atoms with Gasteiger partial charge in [-0.05, 0) is 30.6 Å². The lowest BCUT2D eigenvalue weighted by atomic mass is 10.3. The Hall–Kier alpha value is -2.15. The molecular formula is C13H15N3O3S. The molecule has 0 bridgehead atoms. The van der Waals surface area contributed by atoms with Crippen LogP contribution in [0, 0.1) is 0 Å². The van der Waals surface area contributed by atoms with Crippen LogP contribution in [0.1, 0.15) is 22.3 Å². The van der Waals surface area contributed by atoms with Gasteiger partial charge in [0.2, 0.25) is 5.88 Å². The Labute approximate surface area is 120 Å². The highest BCUT2D eigenvalue weighted by Crippen LogP contribution is 2.17. The van der Waals surface area contributed by atoms with E-state index in [1.54, 1.807) is 32.4 Å². The van der Waals surface area contributed by atoms with Gasteiger partial charge in [-0.25, -0.2) is 9.78 Å². The summed E-state index contributed by atoms with van der Waals surface area (Å²) in [6, 6.07) is 5.29. The highest BCUT2D eigenvalue weighted by Gasteiger charge is 2.07. The van der Waals surface area contributed by atoms with Gasteiger partial charge in [0.15, 0.2) is 0 Å². The van der Waals surface area contributed by atoms with E-state index >= 15 is 0 Å². The van der Waals surface area contributed by atoms with Crippen molar-refractivity contribution in [3.05, 3.63) is 35.0 Å². The first-order valence-electron chi connectivity index (χ1n) is 6.09. The number of ether oxygens (including phenoxy) is 2. The first kappa shape index (κ1) is 14.3. The molecule has 0 amide bonds. The van der Waals surface area contributed by atoms with E-state index in [1.807, 2.05) is 6.07 Å². The summed E-state index contributed by atoms with van der Waals surface area (Å²) in [5.74, 6) is 0.203. The molecule has 0 aromatic carbocycles. The molecule has 0 aliphatic carbocycles. The number of nitrogens with one attached hydrogen (secondary N) is 1. The Morgan fingerprint density at radius 2 is 2.30 bits per heavy atom. The highest BCUT2D eigenvalue weighted by molar-refractivity contribution is 7.05. The van der Waals surface area contributed by atoms with Crippen LogP contribution >= 0.6 is 11.5 Å². The van der Waals surface area contributed by atoms with Crippen LogP contribution in [-0.4, -0.2) is 29.0 Å². The largest absolute Gasteiger partial charge is 0.480 e. The van der Waals surface area contributed by atoms with Gasteiger partial charge in [0.25, 0.3) is 0 Å². The van der Waals surface area contributed by atoms with Gasteiger partial charge >= 0.3 is 5.97 Å². The molecule has 0 aliphatic heterocycles. The smallest absolute Gasteiger partial charge is 0.356 e. The molecule has 0 saturated carbocycles. The minimum atomic E-state index is -0.411. The molecule has 2 heterocycles. The molecule has 7 heteroatoms. The Balaban J connectivity index is 1.92. The molecule has 1 N–H and O–H groups in total. The lowest BCUT2D eigenvalue weighted by molar-refractivity contribution is 0.0519. The zero-order valence-electron chi connectivity index (χ0n) is 11.3. The van der Waals surface area contributed by atoms with E-state index in [9.17, 15) is 4.79 Å². The number of pyridine rings is 1. The molecule has 0 radical (unpaired) electrons. The Kier molecular flexibility index (Phi) is 4.89. The molecule has 0 spiro atoms. The summed E-state index contributed by atoms with van der Waals surface area (Å²) < 4.78 is 14.0. The predicted molar refractivity (Wildman–Crippen MR) is 76.2 cm³/mol. The first-order valence-corrected chi connectivity index (χ1v) is 6.87. The van der Waals surface area contributed by atoms with Crippen LogP contribution in [0.25, 0.3) is 0 Å². The maximum atomic E-state index is 11.4. The Morgan fingerprint density at radius 1 is 1.45 bits per heavy atom. The summed E-state index contributed by atoms with van der Waals surface area (Å²) in [6.07, 6.45) is 1.60. The van der Waals surface area contributed by atoms with Gasteiger partial charge in [-0.2, -0.15) is 4.37 Å². The van der Waals surface area contributed by atoms with Crippen molar-refractivity contribution in [2.24, 2.45) is 0 Å².